The van der Waals surface area contributed by atoms with Gasteiger partial charge in [-0.2, -0.15) is 0 Å². The van der Waals surface area contributed by atoms with Gasteiger partial charge in [0.25, 0.3) is 5.91 Å². The standard InChI is InChI=1S/C18H21N3O6S2/c1-3-10-20-28(23,24)12-13-4-6-14(7-5-13)21-18(22)16-11-15(29(19,25)26)8-9-17(16)27-2/h3-9,11,20H,1,10,12H2,2H3,(H,21,22)(H2,19,25,26). The SMILES string of the molecule is C=CCNS(=O)(=O)Cc1ccc(NC(=O)c2cc(S(N)(=O)=O)ccc2OC)cc1. The Bertz CT molecular complexity index is 1110. The van der Waals surface area contributed by atoms with Crippen molar-refractivity contribution in [3.8, 4) is 5.75 Å². The van der Waals surface area contributed by atoms with E-state index in [0.29, 0.717) is 11.3 Å². The summed E-state index contributed by atoms with van der Waals surface area (Å²) >= 11 is 0. The third kappa shape index (κ3) is 6.39. The van der Waals surface area contributed by atoms with E-state index in [1.807, 2.05) is 0 Å². The van der Waals surface area contributed by atoms with E-state index in [9.17, 15) is 21.6 Å². The lowest BCUT2D eigenvalue weighted by atomic mass is 10.1. The molecule has 11 heteroatoms. The first kappa shape index (κ1) is 22.6. The predicted octanol–water partition coefficient (Wildman–Crippen LogP) is 1.20. The van der Waals surface area contributed by atoms with Crippen molar-refractivity contribution in [2.24, 2.45) is 5.14 Å². The zero-order chi connectivity index (χ0) is 21.7. The molecule has 0 fully saturated rings. The first-order chi connectivity index (χ1) is 13.6. The van der Waals surface area contributed by atoms with E-state index >= 15 is 0 Å². The number of hydrogen-bond donors (Lipinski definition) is 3. The van der Waals surface area contributed by atoms with Gasteiger partial charge in [0.2, 0.25) is 20.0 Å². The van der Waals surface area contributed by atoms with Crippen molar-refractivity contribution >= 4 is 31.6 Å². The Morgan fingerprint density at radius 3 is 2.34 bits per heavy atom. The molecule has 0 saturated heterocycles. The highest BCUT2D eigenvalue weighted by Crippen LogP contribution is 2.23. The molecule has 4 N–H and O–H groups in total. The van der Waals surface area contributed by atoms with Crippen molar-refractivity contribution in [2.45, 2.75) is 10.6 Å². The van der Waals surface area contributed by atoms with Gasteiger partial charge in [0, 0.05) is 12.2 Å². The van der Waals surface area contributed by atoms with E-state index in [1.165, 1.54) is 37.5 Å². The summed E-state index contributed by atoms with van der Waals surface area (Å²) in [6.45, 7) is 3.58. The highest BCUT2D eigenvalue weighted by molar-refractivity contribution is 7.89. The molecule has 29 heavy (non-hydrogen) atoms. The Kier molecular flexibility index (Phi) is 7.14. The lowest BCUT2D eigenvalue weighted by molar-refractivity contribution is 0.102. The van der Waals surface area contributed by atoms with Crippen molar-refractivity contribution in [3.63, 3.8) is 0 Å². The van der Waals surface area contributed by atoms with E-state index in [-0.39, 0.29) is 28.5 Å². The second kappa shape index (κ2) is 9.18. The molecule has 0 heterocycles. The second-order valence-electron chi connectivity index (χ2n) is 5.95. The fourth-order valence-corrected chi connectivity index (χ4v) is 4.03. The summed E-state index contributed by atoms with van der Waals surface area (Å²) in [6, 6.07) is 9.87. The van der Waals surface area contributed by atoms with Gasteiger partial charge >= 0.3 is 0 Å². The molecule has 156 valence electrons. The van der Waals surface area contributed by atoms with E-state index in [2.05, 4.69) is 16.6 Å². The van der Waals surface area contributed by atoms with Crippen LogP contribution in [0.2, 0.25) is 0 Å². The van der Waals surface area contributed by atoms with Crippen LogP contribution >= 0.6 is 0 Å². The van der Waals surface area contributed by atoms with Crippen LogP contribution in [0.5, 0.6) is 5.75 Å². The first-order valence-electron chi connectivity index (χ1n) is 8.25. The molecule has 0 aliphatic rings. The molecule has 0 bridgehead atoms. The van der Waals surface area contributed by atoms with Crippen LogP contribution in [-0.4, -0.2) is 36.4 Å². The molecule has 1 amide bonds. The number of ether oxygens (including phenoxy) is 1. The van der Waals surface area contributed by atoms with Crippen molar-refractivity contribution in [2.75, 3.05) is 19.0 Å². The molecule has 2 rings (SSSR count). The van der Waals surface area contributed by atoms with Gasteiger partial charge in [-0.05, 0) is 35.9 Å². The van der Waals surface area contributed by atoms with Gasteiger partial charge < -0.3 is 10.1 Å². The fourth-order valence-electron chi connectivity index (χ4n) is 2.38. The van der Waals surface area contributed by atoms with Gasteiger partial charge in [-0.3, -0.25) is 4.79 Å². The van der Waals surface area contributed by atoms with E-state index in [4.69, 9.17) is 9.88 Å². The molecule has 0 saturated carbocycles. The minimum atomic E-state index is -3.99. The van der Waals surface area contributed by atoms with Gasteiger partial charge in [-0.25, -0.2) is 26.7 Å². The number of anilines is 1. The molecule has 0 spiro atoms. The van der Waals surface area contributed by atoms with E-state index in [0.717, 1.165) is 6.07 Å². The smallest absolute Gasteiger partial charge is 0.259 e. The van der Waals surface area contributed by atoms with Crippen LogP contribution in [0.15, 0.2) is 60.0 Å². The number of methoxy groups -OCH3 is 1. The van der Waals surface area contributed by atoms with Gasteiger partial charge in [-0.1, -0.05) is 18.2 Å². The minimum Gasteiger partial charge on any atom is -0.496 e. The molecule has 9 nitrogen and oxygen atoms in total. The zero-order valence-corrected chi connectivity index (χ0v) is 17.2. The predicted molar refractivity (Wildman–Crippen MR) is 110 cm³/mol. The molecule has 2 aromatic rings. The number of carbonyl (C=O) groups excluding carboxylic acids is 1. The topological polar surface area (TPSA) is 145 Å². The minimum absolute atomic E-state index is 0.0145. The monoisotopic (exact) mass is 439 g/mol. The van der Waals surface area contributed by atoms with Crippen LogP contribution < -0.4 is 19.9 Å². The van der Waals surface area contributed by atoms with Crippen LogP contribution in [-0.2, 0) is 25.8 Å². The number of nitrogens with two attached hydrogens (primary N) is 1. The lowest BCUT2D eigenvalue weighted by Crippen LogP contribution is -2.25. The maximum atomic E-state index is 12.6. The molecular weight excluding hydrogens is 418 g/mol. The molecule has 0 aliphatic carbocycles. The van der Waals surface area contributed by atoms with Crippen molar-refractivity contribution in [1.82, 2.24) is 4.72 Å². The number of primary sulfonamides is 1. The summed E-state index contributed by atoms with van der Waals surface area (Å²) < 4.78 is 54.3. The maximum absolute atomic E-state index is 12.6. The number of benzene rings is 2. The van der Waals surface area contributed by atoms with Crippen molar-refractivity contribution in [1.29, 1.82) is 0 Å². The summed E-state index contributed by atoms with van der Waals surface area (Å²) in [6.07, 6.45) is 1.44. The van der Waals surface area contributed by atoms with Gasteiger partial charge in [0.05, 0.1) is 23.3 Å². The summed E-state index contributed by atoms with van der Waals surface area (Å²) in [5.41, 5.74) is 0.894. The normalized spacial score (nSPS) is 11.7. The number of amides is 1. The van der Waals surface area contributed by atoms with Gasteiger partial charge in [0.1, 0.15) is 5.75 Å². The number of hydrogen-bond acceptors (Lipinski definition) is 6. The van der Waals surface area contributed by atoms with Crippen LogP contribution in [0.25, 0.3) is 0 Å². The van der Waals surface area contributed by atoms with E-state index in [1.54, 1.807) is 12.1 Å². The third-order valence-electron chi connectivity index (χ3n) is 3.76. The Balaban J connectivity index is 2.18. The van der Waals surface area contributed by atoms with Crippen LogP contribution in [0, 0.1) is 0 Å². The number of sulfonamides is 2. The van der Waals surface area contributed by atoms with Crippen LogP contribution in [0.4, 0.5) is 5.69 Å². The van der Waals surface area contributed by atoms with Crippen molar-refractivity contribution in [3.05, 3.63) is 66.2 Å². The molecule has 0 atom stereocenters. The molecule has 0 radical (unpaired) electrons. The van der Waals surface area contributed by atoms with Crippen LogP contribution in [0.3, 0.4) is 0 Å². The zero-order valence-electron chi connectivity index (χ0n) is 15.6. The largest absolute Gasteiger partial charge is 0.496 e. The number of carbonyl (C=O) groups is 1. The van der Waals surface area contributed by atoms with Gasteiger partial charge in [-0.15, -0.1) is 6.58 Å². The summed E-state index contributed by atoms with van der Waals surface area (Å²) in [4.78, 5) is 12.3. The average molecular weight is 440 g/mol. The van der Waals surface area contributed by atoms with Gasteiger partial charge in [0.15, 0.2) is 0 Å². The van der Waals surface area contributed by atoms with E-state index < -0.39 is 26.0 Å². The third-order valence-corrected chi connectivity index (χ3v) is 5.99. The Labute approximate surface area is 169 Å². The first-order valence-corrected chi connectivity index (χ1v) is 11.4. The lowest BCUT2D eigenvalue weighted by Gasteiger charge is -2.11. The number of nitrogens with one attached hydrogen (secondary N) is 2. The molecular formula is C18H21N3O6S2. The Hall–Kier alpha value is -2.73. The molecule has 2 aromatic carbocycles. The maximum Gasteiger partial charge on any atom is 0.259 e. The second-order valence-corrected chi connectivity index (χ2v) is 9.32. The molecule has 0 aromatic heterocycles. The van der Waals surface area contributed by atoms with Crippen LogP contribution in [0.1, 0.15) is 15.9 Å². The highest BCUT2D eigenvalue weighted by atomic mass is 32.2. The summed E-state index contributed by atoms with van der Waals surface area (Å²) in [7, 11) is -6.14. The number of rotatable bonds is 9. The average Bonchev–Trinajstić information content (AvgIpc) is 2.66. The Morgan fingerprint density at radius 2 is 1.79 bits per heavy atom. The quantitative estimate of drug-likeness (QED) is 0.501. The summed E-state index contributed by atoms with van der Waals surface area (Å²) in [5, 5.41) is 7.71. The fraction of sp³-hybridized carbons (Fsp3) is 0.167. The Morgan fingerprint density at radius 1 is 1.14 bits per heavy atom. The van der Waals surface area contributed by atoms with Crippen molar-refractivity contribution < 1.29 is 26.4 Å². The molecule has 0 aliphatic heterocycles. The highest BCUT2D eigenvalue weighted by Gasteiger charge is 2.18. The molecule has 0 unspecified atom stereocenters. The summed E-state index contributed by atoms with van der Waals surface area (Å²) in [5.74, 6) is -0.662.